The highest BCUT2D eigenvalue weighted by Crippen LogP contribution is 2.29. The van der Waals surface area contributed by atoms with Gasteiger partial charge >= 0.3 is 11.6 Å². The third-order valence-corrected chi connectivity index (χ3v) is 6.28. The SMILES string of the molecule is Cc1cc([C@H](C)Nc2ccc(-c3ccoc3C(=O)NNC(=O)c3ccc(O)c([N+](=O)[O-])c3)cc2)ccc1Cl. The standard InChI is InChI=1S/C27H23ClN4O6/c1-15-13-18(5-9-22(15)28)16(2)29-20-7-3-17(4-8-20)21-11-12-38-25(21)27(35)31-30-26(34)19-6-10-24(33)23(14-19)32(36)37/h3-14,16,29,33H,1-2H3,(H,30,34)(H,31,35)/t16-/m0/s1. The lowest BCUT2D eigenvalue weighted by atomic mass is 10.0. The lowest BCUT2D eigenvalue weighted by Gasteiger charge is -2.17. The second kappa shape index (κ2) is 11.1. The van der Waals surface area contributed by atoms with Crippen LogP contribution in [0.4, 0.5) is 11.4 Å². The summed E-state index contributed by atoms with van der Waals surface area (Å²) in [6, 6.07) is 18.1. The molecule has 0 fully saturated rings. The molecular formula is C27H23ClN4O6. The fourth-order valence-corrected chi connectivity index (χ4v) is 3.90. The van der Waals surface area contributed by atoms with Gasteiger partial charge in [-0.1, -0.05) is 35.9 Å². The highest BCUT2D eigenvalue weighted by atomic mass is 35.5. The first-order valence-corrected chi connectivity index (χ1v) is 11.8. The summed E-state index contributed by atoms with van der Waals surface area (Å²) in [6.07, 6.45) is 1.35. The van der Waals surface area contributed by atoms with Crippen LogP contribution in [0.2, 0.25) is 5.02 Å². The first kappa shape index (κ1) is 26.2. The van der Waals surface area contributed by atoms with Crippen molar-refractivity contribution in [3.8, 4) is 16.9 Å². The van der Waals surface area contributed by atoms with E-state index in [-0.39, 0.29) is 17.4 Å². The molecule has 0 spiro atoms. The van der Waals surface area contributed by atoms with Gasteiger partial charge in [0.25, 0.3) is 5.91 Å². The summed E-state index contributed by atoms with van der Waals surface area (Å²) in [4.78, 5) is 35.2. The molecule has 38 heavy (non-hydrogen) atoms. The fraction of sp³-hybridized carbons (Fsp3) is 0.111. The van der Waals surface area contributed by atoms with E-state index in [0.717, 1.165) is 28.9 Å². The monoisotopic (exact) mass is 534 g/mol. The van der Waals surface area contributed by atoms with Gasteiger partial charge in [0.05, 0.1) is 11.2 Å². The minimum absolute atomic E-state index is 0.0331. The van der Waals surface area contributed by atoms with Crippen molar-refractivity contribution in [2.45, 2.75) is 19.9 Å². The number of amides is 2. The van der Waals surface area contributed by atoms with Gasteiger partial charge in [-0.3, -0.25) is 30.6 Å². The summed E-state index contributed by atoms with van der Waals surface area (Å²) >= 11 is 6.12. The van der Waals surface area contributed by atoms with E-state index in [1.807, 2.05) is 56.3 Å². The largest absolute Gasteiger partial charge is 0.502 e. The highest BCUT2D eigenvalue weighted by Gasteiger charge is 2.20. The van der Waals surface area contributed by atoms with Crippen molar-refractivity contribution in [1.82, 2.24) is 10.9 Å². The molecule has 0 unspecified atom stereocenters. The average Bonchev–Trinajstić information content (AvgIpc) is 3.39. The van der Waals surface area contributed by atoms with Crippen LogP contribution in [0.15, 0.2) is 77.4 Å². The minimum atomic E-state index is -0.820. The van der Waals surface area contributed by atoms with Gasteiger partial charge in [-0.25, -0.2) is 0 Å². The summed E-state index contributed by atoms with van der Waals surface area (Å²) in [5.74, 6) is -2.14. The zero-order valence-electron chi connectivity index (χ0n) is 20.3. The van der Waals surface area contributed by atoms with Crippen molar-refractivity contribution < 1.29 is 24.0 Å². The number of carbonyl (C=O) groups excluding carboxylic acids is 2. The van der Waals surface area contributed by atoms with E-state index in [9.17, 15) is 24.8 Å². The van der Waals surface area contributed by atoms with Gasteiger partial charge in [-0.2, -0.15) is 0 Å². The van der Waals surface area contributed by atoms with Crippen molar-refractivity contribution in [3.63, 3.8) is 0 Å². The Morgan fingerprint density at radius 1 is 1.00 bits per heavy atom. The second-order valence-corrected chi connectivity index (χ2v) is 8.89. The van der Waals surface area contributed by atoms with Gasteiger partial charge in [0.1, 0.15) is 0 Å². The number of anilines is 1. The number of carbonyl (C=O) groups is 2. The number of phenols is 1. The van der Waals surface area contributed by atoms with Crippen LogP contribution in [0.3, 0.4) is 0 Å². The maximum Gasteiger partial charge on any atom is 0.311 e. The van der Waals surface area contributed by atoms with Crippen LogP contribution in [0.5, 0.6) is 5.75 Å². The smallest absolute Gasteiger partial charge is 0.311 e. The summed E-state index contributed by atoms with van der Waals surface area (Å²) in [5, 5.41) is 24.7. The number of aryl methyl sites for hydroxylation is 1. The third-order valence-electron chi connectivity index (χ3n) is 5.86. The van der Waals surface area contributed by atoms with Gasteiger partial charge < -0.3 is 14.8 Å². The molecule has 4 rings (SSSR count). The van der Waals surface area contributed by atoms with E-state index in [2.05, 4.69) is 16.2 Å². The molecule has 0 saturated carbocycles. The van der Waals surface area contributed by atoms with Crippen LogP contribution in [0.25, 0.3) is 11.1 Å². The molecular weight excluding hydrogens is 512 g/mol. The molecule has 1 atom stereocenters. The summed E-state index contributed by atoms with van der Waals surface area (Å²) in [6.45, 7) is 4.00. The summed E-state index contributed by atoms with van der Waals surface area (Å²) < 4.78 is 5.35. The number of hydrogen-bond acceptors (Lipinski definition) is 7. The number of nitrogens with one attached hydrogen (secondary N) is 3. The molecule has 10 nitrogen and oxygen atoms in total. The Hall–Kier alpha value is -4.83. The lowest BCUT2D eigenvalue weighted by Crippen LogP contribution is -2.41. The predicted octanol–water partition coefficient (Wildman–Crippen LogP) is 5.77. The predicted molar refractivity (Wildman–Crippen MR) is 142 cm³/mol. The molecule has 2 amide bonds. The van der Waals surface area contributed by atoms with Crippen molar-refractivity contribution in [1.29, 1.82) is 0 Å². The Morgan fingerprint density at radius 3 is 2.39 bits per heavy atom. The van der Waals surface area contributed by atoms with E-state index in [1.165, 1.54) is 12.3 Å². The van der Waals surface area contributed by atoms with Crippen LogP contribution >= 0.6 is 11.6 Å². The van der Waals surface area contributed by atoms with Gasteiger partial charge in [-0.05, 0) is 66.9 Å². The zero-order valence-corrected chi connectivity index (χ0v) is 21.1. The molecule has 1 heterocycles. The Morgan fingerprint density at radius 2 is 1.71 bits per heavy atom. The zero-order chi connectivity index (χ0) is 27.4. The van der Waals surface area contributed by atoms with Crippen LogP contribution in [0.1, 0.15) is 45.0 Å². The number of hydrogen-bond donors (Lipinski definition) is 4. The summed E-state index contributed by atoms with van der Waals surface area (Å²) in [7, 11) is 0. The fourth-order valence-electron chi connectivity index (χ4n) is 3.78. The normalized spacial score (nSPS) is 11.4. The van der Waals surface area contributed by atoms with Crippen LogP contribution in [0, 0.1) is 17.0 Å². The number of phenolic OH excluding ortho intramolecular Hbond substituents is 1. The summed E-state index contributed by atoms with van der Waals surface area (Å²) in [5.41, 5.74) is 7.84. The molecule has 0 aliphatic rings. The molecule has 4 aromatic rings. The quantitative estimate of drug-likeness (QED) is 0.174. The van der Waals surface area contributed by atoms with Gasteiger partial charge in [0, 0.05) is 33.9 Å². The molecule has 194 valence electrons. The maximum absolute atomic E-state index is 12.7. The number of nitro groups is 1. The van der Waals surface area contributed by atoms with Crippen molar-refractivity contribution in [2.75, 3.05) is 5.32 Å². The molecule has 0 radical (unpaired) electrons. The van der Waals surface area contributed by atoms with E-state index in [0.29, 0.717) is 16.1 Å². The molecule has 0 aliphatic heterocycles. The number of aromatic hydroxyl groups is 1. The topological polar surface area (TPSA) is 147 Å². The molecule has 4 N–H and O–H groups in total. The molecule has 3 aromatic carbocycles. The maximum atomic E-state index is 12.7. The Bertz CT molecular complexity index is 1520. The number of benzene rings is 3. The number of hydrazine groups is 1. The Balaban J connectivity index is 1.41. The van der Waals surface area contributed by atoms with Crippen molar-refractivity contribution in [3.05, 3.63) is 111 Å². The average molecular weight is 535 g/mol. The van der Waals surface area contributed by atoms with Crippen molar-refractivity contribution >= 4 is 34.8 Å². The highest BCUT2D eigenvalue weighted by molar-refractivity contribution is 6.31. The first-order valence-electron chi connectivity index (χ1n) is 11.4. The molecule has 11 heteroatoms. The van der Waals surface area contributed by atoms with Gasteiger partial charge in [0.2, 0.25) is 5.76 Å². The number of nitrogens with zero attached hydrogens (tertiary/aromatic N) is 1. The third kappa shape index (κ3) is 5.76. The Kier molecular flexibility index (Phi) is 7.63. The van der Waals surface area contributed by atoms with Crippen molar-refractivity contribution in [2.24, 2.45) is 0 Å². The lowest BCUT2D eigenvalue weighted by molar-refractivity contribution is -0.385. The number of halogens is 1. The van der Waals surface area contributed by atoms with E-state index in [4.69, 9.17) is 16.0 Å². The minimum Gasteiger partial charge on any atom is -0.502 e. The van der Waals surface area contributed by atoms with Crippen LogP contribution in [-0.4, -0.2) is 21.8 Å². The van der Waals surface area contributed by atoms with Gasteiger partial charge in [0.15, 0.2) is 5.75 Å². The molecule has 1 aromatic heterocycles. The van der Waals surface area contributed by atoms with E-state index in [1.54, 1.807) is 6.07 Å². The number of rotatable bonds is 7. The number of nitro benzene ring substituents is 1. The molecule has 0 bridgehead atoms. The van der Waals surface area contributed by atoms with Gasteiger partial charge in [-0.15, -0.1) is 0 Å². The second-order valence-electron chi connectivity index (χ2n) is 8.48. The van der Waals surface area contributed by atoms with E-state index >= 15 is 0 Å². The molecule has 0 saturated heterocycles. The van der Waals surface area contributed by atoms with E-state index < -0.39 is 28.2 Å². The Labute approximate surface area is 222 Å². The van der Waals surface area contributed by atoms with Crippen LogP contribution < -0.4 is 16.2 Å². The first-order chi connectivity index (χ1) is 18.1. The molecule has 0 aliphatic carbocycles. The number of furan rings is 1. The van der Waals surface area contributed by atoms with Crippen LogP contribution in [-0.2, 0) is 0 Å².